The van der Waals surface area contributed by atoms with Crippen LogP contribution in [0.1, 0.15) is 33.7 Å². The van der Waals surface area contributed by atoms with Crippen molar-refractivity contribution in [1.82, 2.24) is 9.55 Å². The first-order chi connectivity index (χ1) is 6.96. The molecule has 0 bridgehead atoms. The molecular formula is C12H21N3. The van der Waals surface area contributed by atoms with E-state index in [1.165, 1.54) is 0 Å². The summed E-state index contributed by atoms with van der Waals surface area (Å²) in [5, 5.41) is 3.23. The highest BCUT2D eigenvalue weighted by atomic mass is 15.2. The molecule has 0 radical (unpaired) electrons. The van der Waals surface area contributed by atoms with Crippen LogP contribution in [0.15, 0.2) is 25.0 Å². The molecular weight excluding hydrogens is 186 g/mol. The number of aromatic nitrogens is 2. The SMILES string of the molecule is C=CCNc1nccn1C(C)C(C)(C)C. The molecule has 0 aliphatic carbocycles. The van der Waals surface area contributed by atoms with E-state index in [-0.39, 0.29) is 5.41 Å². The van der Waals surface area contributed by atoms with E-state index in [0.717, 1.165) is 12.5 Å². The number of hydrogen-bond acceptors (Lipinski definition) is 2. The molecule has 1 aromatic rings. The van der Waals surface area contributed by atoms with Gasteiger partial charge in [0.05, 0.1) is 0 Å². The molecule has 0 fully saturated rings. The smallest absolute Gasteiger partial charge is 0.203 e. The molecule has 0 saturated heterocycles. The lowest BCUT2D eigenvalue weighted by Crippen LogP contribution is -2.22. The highest BCUT2D eigenvalue weighted by molar-refractivity contribution is 5.27. The Morgan fingerprint density at radius 3 is 2.80 bits per heavy atom. The van der Waals surface area contributed by atoms with Gasteiger partial charge in [-0.3, -0.25) is 0 Å². The van der Waals surface area contributed by atoms with Gasteiger partial charge >= 0.3 is 0 Å². The summed E-state index contributed by atoms with van der Waals surface area (Å²) in [6.07, 6.45) is 5.68. The maximum atomic E-state index is 4.29. The van der Waals surface area contributed by atoms with Crippen molar-refractivity contribution in [2.75, 3.05) is 11.9 Å². The second-order valence-electron chi connectivity index (χ2n) is 4.87. The summed E-state index contributed by atoms with van der Waals surface area (Å²) >= 11 is 0. The highest BCUT2D eigenvalue weighted by Gasteiger charge is 2.23. The number of nitrogens with zero attached hydrogens (tertiary/aromatic N) is 2. The average Bonchev–Trinajstić information content (AvgIpc) is 2.59. The molecule has 3 nitrogen and oxygen atoms in total. The molecule has 15 heavy (non-hydrogen) atoms. The van der Waals surface area contributed by atoms with Gasteiger partial charge in [-0.2, -0.15) is 0 Å². The topological polar surface area (TPSA) is 29.9 Å². The van der Waals surface area contributed by atoms with Crippen molar-refractivity contribution in [3.8, 4) is 0 Å². The molecule has 0 spiro atoms. The van der Waals surface area contributed by atoms with Crippen LogP contribution in [0.4, 0.5) is 5.95 Å². The maximum absolute atomic E-state index is 4.29. The zero-order valence-corrected chi connectivity index (χ0v) is 10.1. The lowest BCUT2D eigenvalue weighted by atomic mass is 9.88. The van der Waals surface area contributed by atoms with Gasteiger partial charge in [0.1, 0.15) is 0 Å². The van der Waals surface area contributed by atoms with Gasteiger partial charge in [0.2, 0.25) is 5.95 Å². The second-order valence-corrected chi connectivity index (χ2v) is 4.87. The highest BCUT2D eigenvalue weighted by Crippen LogP contribution is 2.31. The van der Waals surface area contributed by atoms with Gasteiger partial charge in [-0.25, -0.2) is 4.98 Å². The van der Waals surface area contributed by atoms with Crippen LogP contribution in [0.3, 0.4) is 0 Å². The first-order valence-electron chi connectivity index (χ1n) is 5.34. The molecule has 0 aliphatic heterocycles. The van der Waals surface area contributed by atoms with Crippen molar-refractivity contribution in [2.24, 2.45) is 5.41 Å². The van der Waals surface area contributed by atoms with E-state index in [1.807, 2.05) is 18.5 Å². The first kappa shape index (κ1) is 11.8. The molecule has 1 aromatic heterocycles. The molecule has 1 rings (SSSR count). The minimum absolute atomic E-state index is 0.227. The van der Waals surface area contributed by atoms with Crippen molar-refractivity contribution in [1.29, 1.82) is 0 Å². The summed E-state index contributed by atoms with van der Waals surface area (Å²) < 4.78 is 2.17. The van der Waals surface area contributed by atoms with Gasteiger partial charge in [0.15, 0.2) is 0 Å². The molecule has 1 atom stereocenters. The Morgan fingerprint density at radius 2 is 2.27 bits per heavy atom. The molecule has 0 amide bonds. The largest absolute Gasteiger partial charge is 0.352 e. The number of imidazole rings is 1. The Labute approximate surface area is 92.2 Å². The predicted octanol–water partition coefficient (Wildman–Crippen LogP) is 3.09. The number of nitrogens with one attached hydrogen (secondary N) is 1. The molecule has 1 N–H and O–H groups in total. The van der Waals surface area contributed by atoms with Gasteiger partial charge in [-0.1, -0.05) is 26.8 Å². The molecule has 84 valence electrons. The molecule has 0 aliphatic rings. The zero-order valence-electron chi connectivity index (χ0n) is 10.1. The fourth-order valence-corrected chi connectivity index (χ4v) is 1.34. The standard InChI is InChI=1S/C12H21N3/c1-6-7-13-11-14-8-9-15(11)10(2)12(3,4)5/h6,8-10H,1,7H2,2-5H3,(H,13,14). The van der Waals surface area contributed by atoms with E-state index in [2.05, 4.69) is 49.1 Å². The Kier molecular flexibility index (Phi) is 3.56. The Morgan fingerprint density at radius 1 is 1.60 bits per heavy atom. The van der Waals surface area contributed by atoms with Crippen molar-refractivity contribution in [3.63, 3.8) is 0 Å². The van der Waals surface area contributed by atoms with Crippen LogP contribution in [0, 0.1) is 5.41 Å². The van der Waals surface area contributed by atoms with Crippen LogP contribution in [-0.2, 0) is 0 Å². The average molecular weight is 207 g/mol. The fourth-order valence-electron chi connectivity index (χ4n) is 1.34. The van der Waals surface area contributed by atoms with Crippen LogP contribution in [0.2, 0.25) is 0 Å². The summed E-state index contributed by atoms with van der Waals surface area (Å²) in [6, 6.07) is 0.410. The van der Waals surface area contributed by atoms with Crippen LogP contribution in [-0.4, -0.2) is 16.1 Å². The Hall–Kier alpha value is -1.25. The van der Waals surface area contributed by atoms with E-state index >= 15 is 0 Å². The van der Waals surface area contributed by atoms with Gasteiger partial charge in [0, 0.05) is 25.0 Å². The van der Waals surface area contributed by atoms with Crippen molar-refractivity contribution >= 4 is 5.95 Å². The summed E-state index contributed by atoms with van der Waals surface area (Å²) in [4.78, 5) is 4.29. The monoisotopic (exact) mass is 207 g/mol. The maximum Gasteiger partial charge on any atom is 0.203 e. The van der Waals surface area contributed by atoms with Crippen LogP contribution in [0.5, 0.6) is 0 Å². The number of anilines is 1. The quantitative estimate of drug-likeness (QED) is 0.769. The third-order valence-corrected chi connectivity index (χ3v) is 2.74. The van der Waals surface area contributed by atoms with Crippen molar-refractivity contribution < 1.29 is 0 Å². The summed E-state index contributed by atoms with van der Waals surface area (Å²) in [7, 11) is 0. The minimum Gasteiger partial charge on any atom is -0.352 e. The van der Waals surface area contributed by atoms with Gasteiger partial charge in [-0.05, 0) is 12.3 Å². The van der Waals surface area contributed by atoms with Crippen LogP contribution < -0.4 is 5.32 Å². The first-order valence-corrected chi connectivity index (χ1v) is 5.34. The lowest BCUT2D eigenvalue weighted by Gasteiger charge is -2.29. The normalized spacial score (nSPS) is 13.6. The number of rotatable bonds is 4. The summed E-state index contributed by atoms with van der Waals surface area (Å²) in [6.45, 7) is 13.3. The zero-order chi connectivity index (χ0) is 11.5. The van der Waals surface area contributed by atoms with Gasteiger partial charge in [-0.15, -0.1) is 6.58 Å². The second kappa shape index (κ2) is 4.51. The lowest BCUT2D eigenvalue weighted by molar-refractivity contribution is 0.264. The molecule has 0 saturated carbocycles. The molecule has 0 aromatic carbocycles. The van der Waals surface area contributed by atoms with E-state index < -0.39 is 0 Å². The van der Waals surface area contributed by atoms with Gasteiger partial charge < -0.3 is 9.88 Å². The van der Waals surface area contributed by atoms with Gasteiger partial charge in [0.25, 0.3) is 0 Å². The van der Waals surface area contributed by atoms with Crippen molar-refractivity contribution in [3.05, 3.63) is 25.0 Å². The van der Waals surface area contributed by atoms with E-state index in [4.69, 9.17) is 0 Å². The molecule has 1 unspecified atom stereocenters. The summed E-state index contributed by atoms with van der Waals surface area (Å²) in [5.41, 5.74) is 0.227. The summed E-state index contributed by atoms with van der Waals surface area (Å²) in [5.74, 6) is 0.914. The molecule has 1 heterocycles. The van der Waals surface area contributed by atoms with E-state index in [0.29, 0.717) is 6.04 Å². The predicted molar refractivity (Wildman–Crippen MR) is 65.1 cm³/mol. The van der Waals surface area contributed by atoms with Crippen molar-refractivity contribution in [2.45, 2.75) is 33.7 Å². The third-order valence-electron chi connectivity index (χ3n) is 2.74. The Bertz CT molecular complexity index is 320. The van der Waals surface area contributed by atoms with Crippen LogP contribution in [0.25, 0.3) is 0 Å². The Balaban J connectivity index is 2.84. The van der Waals surface area contributed by atoms with E-state index in [9.17, 15) is 0 Å². The number of hydrogen-bond donors (Lipinski definition) is 1. The fraction of sp³-hybridized carbons (Fsp3) is 0.583. The van der Waals surface area contributed by atoms with Crippen LogP contribution >= 0.6 is 0 Å². The third kappa shape index (κ3) is 2.85. The van der Waals surface area contributed by atoms with E-state index in [1.54, 1.807) is 0 Å². The molecule has 3 heteroatoms. The minimum atomic E-state index is 0.227.